The second-order valence-corrected chi connectivity index (χ2v) is 16.7. The van der Waals surface area contributed by atoms with Crippen LogP contribution in [0.2, 0.25) is 0 Å². The summed E-state index contributed by atoms with van der Waals surface area (Å²) in [5, 5.41) is 14.9. The van der Waals surface area contributed by atoms with E-state index < -0.39 is 7.92 Å². The van der Waals surface area contributed by atoms with E-state index in [9.17, 15) is 5.11 Å². The third-order valence-electron chi connectivity index (χ3n) is 9.57. The van der Waals surface area contributed by atoms with Gasteiger partial charge in [0.2, 0.25) is 0 Å². The summed E-state index contributed by atoms with van der Waals surface area (Å²) in [6, 6.07) is 64.7. The first-order chi connectivity index (χ1) is 28.3. The van der Waals surface area contributed by atoms with Gasteiger partial charge in [0.05, 0.1) is 10.6 Å². The van der Waals surface area contributed by atoms with Gasteiger partial charge in [0.15, 0.2) is 0 Å². The summed E-state index contributed by atoms with van der Waals surface area (Å²) in [4.78, 5) is 0. The van der Waals surface area contributed by atoms with Gasteiger partial charge < -0.3 is 24.1 Å². The molecule has 1 N–H and O–H groups in total. The molecule has 8 aromatic rings. The van der Waals surface area contributed by atoms with Crippen molar-refractivity contribution >= 4 is 23.8 Å². The minimum atomic E-state index is -1.82. The van der Waals surface area contributed by atoms with E-state index in [-0.39, 0.29) is 11.2 Å². The zero-order chi connectivity index (χ0) is 39.9. The van der Waals surface area contributed by atoms with Gasteiger partial charge in [-0.15, -0.1) is 0 Å². The SMILES string of the molecule is CC(C)(C)c1ccc(-c2cccc(P(c3c(Oc4ccccc4)cccc3Oc3ccccc3)c3c(Oc4ccccc4)cccc3Oc3ccccc3)c2O)cc1. The minimum Gasteiger partial charge on any atom is -0.507 e. The highest BCUT2D eigenvalue weighted by atomic mass is 31.1. The predicted molar refractivity (Wildman–Crippen MR) is 237 cm³/mol. The molecule has 0 atom stereocenters. The molecule has 0 aliphatic carbocycles. The van der Waals surface area contributed by atoms with E-state index in [4.69, 9.17) is 18.9 Å². The molecule has 0 heterocycles. The van der Waals surface area contributed by atoms with Crippen LogP contribution in [0.15, 0.2) is 200 Å². The topological polar surface area (TPSA) is 57.2 Å². The maximum Gasteiger partial charge on any atom is 0.139 e. The highest BCUT2D eigenvalue weighted by molar-refractivity contribution is 7.80. The maximum absolute atomic E-state index is 12.7. The van der Waals surface area contributed by atoms with Crippen LogP contribution in [0.5, 0.6) is 51.7 Å². The maximum atomic E-state index is 12.7. The summed E-state index contributed by atoms with van der Waals surface area (Å²) in [5.41, 5.74) is 2.78. The summed E-state index contributed by atoms with van der Waals surface area (Å²) in [5.74, 6) is 5.00. The third-order valence-corrected chi connectivity index (χ3v) is 12.2. The monoisotopic (exact) mass is 778 g/mol. The molecule has 8 aromatic carbocycles. The van der Waals surface area contributed by atoms with Crippen LogP contribution in [-0.2, 0) is 5.41 Å². The summed E-state index contributed by atoms with van der Waals surface area (Å²) < 4.78 is 27.2. The third kappa shape index (κ3) is 8.61. The first-order valence-corrected chi connectivity index (χ1v) is 20.6. The smallest absolute Gasteiger partial charge is 0.139 e. The Morgan fingerprint density at radius 1 is 0.379 bits per heavy atom. The van der Waals surface area contributed by atoms with Crippen LogP contribution in [-0.4, -0.2) is 5.11 Å². The van der Waals surface area contributed by atoms with Crippen molar-refractivity contribution in [3.05, 3.63) is 206 Å². The lowest BCUT2D eigenvalue weighted by Gasteiger charge is -2.28. The quantitative estimate of drug-likeness (QED) is 0.125. The lowest BCUT2D eigenvalue weighted by molar-refractivity contribution is 0.466. The number of hydrogen-bond donors (Lipinski definition) is 1. The van der Waals surface area contributed by atoms with E-state index in [0.29, 0.717) is 56.9 Å². The van der Waals surface area contributed by atoms with E-state index in [1.807, 2.05) is 176 Å². The summed E-state index contributed by atoms with van der Waals surface area (Å²) in [6.45, 7) is 6.59. The predicted octanol–water partition coefficient (Wildman–Crippen LogP) is 13.3. The fourth-order valence-electron chi connectivity index (χ4n) is 6.68. The lowest BCUT2D eigenvalue weighted by Crippen LogP contribution is -2.25. The molecule has 6 heteroatoms. The van der Waals surface area contributed by atoms with Crippen molar-refractivity contribution in [3.63, 3.8) is 0 Å². The second kappa shape index (κ2) is 17.1. The molecule has 58 heavy (non-hydrogen) atoms. The lowest BCUT2D eigenvalue weighted by atomic mass is 9.86. The Bertz CT molecular complexity index is 2340. The number of ether oxygens (including phenoxy) is 4. The number of hydrogen-bond acceptors (Lipinski definition) is 5. The Balaban J connectivity index is 1.43. The van der Waals surface area contributed by atoms with Gasteiger partial charge >= 0.3 is 0 Å². The average molecular weight is 779 g/mol. The van der Waals surface area contributed by atoms with E-state index in [0.717, 1.165) is 16.2 Å². The van der Waals surface area contributed by atoms with Gasteiger partial charge in [-0.3, -0.25) is 0 Å². The van der Waals surface area contributed by atoms with Crippen molar-refractivity contribution in [2.45, 2.75) is 26.2 Å². The molecule has 0 aliphatic heterocycles. The molecule has 0 saturated carbocycles. The Morgan fingerprint density at radius 2 is 0.724 bits per heavy atom. The zero-order valence-electron chi connectivity index (χ0n) is 32.6. The Hall–Kier alpha value is -6.81. The number of phenolic OH excluding ortho intramolecular Hbond substituents is 1. The van der Waals surface area contributed by atoms with E-state index in [1.54, 1.807) is 0 Å². The molecular formula is C52H43O5P. The van der Waals surface area contributed by atoms with Gasteiger partial charge in [-0.25, -0.2) is 0 Å². The molecule has 0 bridgehead atoms. The number of para-hydroxylation sites is 5. The van der Waals surface area contributed by atoms with Gasteiger partial charge in [-0.2, -0.15) is 0 Å². The van der Waals surface area contributed by atoms with Gasteiger partial charge in [-0.05, 0) is 89.3 Å². The van der Waals surface area contributed by atoms with Crippen molar-refractivity contribution in [2.24, 2.45) is 0 Å². The normalized spacial score (nSPS) is 11.2. The fraction of sp³-hybridized carbons (Fsp3) is 0.0769. The van der Waals surface area contributed by atoms with Crippen molar-refractivity contribution in [1.82, 2.24) is 0 Å². The van der Waals surface area contributed by atoms with Gasteiger partial charge in [0.1, 0.15) is 51.7 Å². The largest absolute Gasteiger partial charge is 0.507 e. The second-order valence-electron chi connectivity index (χ2n) is 14.7. The van der Waals surface area contributed by atoms with Crippen LogP contribution in [0, 0.1) is 0 Å². The number of rotatable bonds is 12. The number of aromatic hydroxyl groups is 1. The molecule has 0 radical (unpaired) electrons. The van der Waals surface area contributed by atoms with Crippen LogP contribution < -0.4 is 34.9 Å². The molecule has 0 spiro atoms. The van der Waals surface area contributed by atoms with Crippen molar-refractivity contribution in [2.75, 3.05) is 0 Å². The average Bonchev–Trinajstić information content (AvgIpc) is 3.24. The molecule has 5 nitrogen and oxygen atoms in total. The van der Waals surface area contributed by atoms with Crippen LogP contribution in [0.25, 0.3) is 11.1 Å². The van der Waals surface area contributed by atoms with E-state index in [1.165, 1.54) is 5.56 Å². The minimum absolute atomic E-state index is 0.0218. The van der Waals surface area contributed by atoms with Crippen LogP contribution in [0.1, 0.15) is 26.3 Å². The first-order valence-electron chi connectivity index (χ1n) is 19.2. The van der Waals surface area contributed by atoms with Crippen molar-refractivity contribution in [3.8, 4) is 62.9 Å². The molecule has 0 saturated heterocycles. The van der Waals surface area contributed by atoms with Crippen molar-refractivity contribution in [1.29, 1.82) is 0 Å². The van der Waals surface area contributed by atoms with Gasteiger partial charge in [0, 0.05) is 18.8 Å². The summed E-state index contributed by atoms with van der Waals surface area (Å²) in [7, 11) is -1.82. The Kier molecular flexibility index (Phi) is 11.2. The molecule has 0 aromatic heterocycles. The molecule has 0 amide bonds. The summed E-state index contributed by atoms with van der Waals surface area (Å²) >= 11 is 0. The first kappa shape index (κ1) is 38.1. The Morgan fingerprint density at radius 3 is 1.07 bits per heavy atom. The van der Waals surface area contributed by atoms with Gasteiger partial charge in [-0.1, -0.05) is 148 Å². The molecule has 0 unspecified atom stereocenters. The number of phenols is 1. The van der Waals surface area contributed by atoms with Gasteiger partial charge in [0.25, 0.3) is 0 Å². The molecule has 0 fully saturated rings. The molecule has 286 valence electrons. The fourth-order valence-corrected chi connectivity index (χ4v) is 9.32. The number of benzene rings is 8. The van der Waals surface area contributed by atoms with Crippen molar-refractivity contribution < 1.29 is 24.1 Å². The Labute approximate surface area is 341 Å². The molecule has 0 aliphatic rings. The molecule has 8 rings (SSSR count). The van der Waals surface area contributed by atoms with Crippen LogP contribution in [0.3, 0.4) is 0 Å². The standard InChI is InChI=1S/C52H43O5P/c1-52(2,3)38-35-33-37(34-36-38)43-27-16-32-48(49(43)53)58(50-44(54-39-19-8-4-9-20-39)28-17-29-45(50)55-40-21-10-5-11-22-40)51-46(56-41-23-12-6-13-24-41)30-18-31-47(51)57-42-25-14-7-15-26-42/h4-36,53H,1-3H3. The highest BCUT2D eigenvalue weighted by Crippen LogP contribution is 2.51. The van der Waals surface area contributed by atoms with E-state index >= 15 is 0 Å². The van der Waals surface area contributed by atoms with Crippen LogP contribution >= 0.6 is 7.92 Å². The zero-order valence-corrected chi connectivity index (χ0v) is 33.5. The highest BCUT2D eigenvalue weighted by Gasteiger charge is 2.34. The van der Waals surface area contributed by atoms with Crippen LogP contribution in [0.4, 0.5) is 0 Å². The van der Waals surface area contributed by atoms with E-state index in [2.05, 4.69) is 45.0 Å². The summed E-state index contributed by atoms with van der Waals surface area (Å²) in [6.07, 6.45) is 0. The molecular weight excluding hydrogens is 736 g/mol.